The minimum Gasteiger partial charge on any atom is -0.120 e. The van der Waals surface area contributed by atoms with Crippen LogP contribution in [0.1, 0.15) is 33.6 Å². The SMILES string of the molecule is C=C/C(C)=C/CCC(C)(C)Cl. The van der Waals surface area contributed by atoms with Gasteiger partial charge in [-0.1, -0.05) is 24.3 Å². The van der Waals surface area contributed by atoms with Gasteiger partial charge in [-0.2, -0.15) is 0 Å². The molecule has 0 aliphatic heterocycles. The minimum atomic E-state index is -0.0715. The second-order valence-corrected chi connectivity index (χ2v) is 4.43. The summed E-state index contributed by atoms with van der Waals surface area (Å²) in [4.78, 5) is -0.0715. The van der Waals surface area contributed by atoms with Gasteiger partial charge in [0.05, 0.1) is 0 Å². The Morgan fingerprint density at radius 2 is 2.09 bits per heavy atom. The summed E-state index contributed by atoms with van der Waals surface area (Å²) in [7, 11) is 0. The highest BCUT2D eigenvalue weighted by Gasteiger charge is 2.10. The highest BCUT2D eigenvalue weighted by atomic mass is 35.5. The van der Waals surface area contributed by atoms with E-state index in [9.17, 15) is 0 Å². The second-order valence-electron chi connectivity index (χ2n) is 3.41. The molecule has 0 rings (SSSR count). The van der Waals surface area contributed by atoms with Crippen LogP contribution in [0, 0.1) is 0 Å². The lowest BCUT2D eigenvalue weighted by atomic mass is 10.1. The Bertz CT molecular complexity index is 149. The molecule has 0 unspecified atom stereocenters. The second kappa shape index (κ2) is 4.61. The molecule has 0 aliphatic rings. The number of rotatable bonds is 4. The predicted molar refractivity (Wildman–Crippen MR) is 53.1 cm³/mol. The molecular weight excluding hydrogens is 156 g/mol. The largest absolute Gasteiger partial charge is 0.120 e. The topological polar surface area (TPSA) is 0 Å². The number of halogens is 1. The first-order chi connectivity index (χ1) is 4.95. The summed E-state index contributed by atoms with van der Waals surface area (Å²) in [5, 5.41) is 0. The van der Waals surface area contributed by atoms with E-state index in [4.69, 9.17) is 11.6 Å². The van der Waals surface area contributed by atoms with Crippen molar-refractivity contribution in [1.29, 1.82) is 0 Å². The Morgan fingerprint density at radius 3 is 2.45 bits per heavy atom. The molecule has 0 saturated carbocycles. The van der Waals surface area contributed by atoms with E-state index in [2.05, 4.69) is 12.7 Å². The quantitative estimate of drug-likeness (QED) is 0.446. The molecule has 0 spiro atoms. The lowest BCUT2D eigenvalue weighted by Gasteiger charge is -2.13. The van der Waals surface area contributed by atoms with Gasteiger partial charge in [0.25, 0.3) is 0 Å². The molecule has 11 heavy (non-hydrogen) atoms. The Kier molecular flexibility index (Phi) is 4.51. The molecule has 0 atom stereocenters. The van der Waals surface area contributed by atoms with Crippen LogP contribution < -0.4 is 0 Å². The summed E-state index contributed by atoms with van der Waals surface area (Å²) in [6, 6.07) is 0. The van der Waals surface area contributed by atoms with Crippen molar-refractivity contribution in [3.8, 4) is 0 Å². The molecule has 0 saturated heterocycles. The zero-order valence-electron chi connectivity index (χ0n) is 7.65. The van der Waals surface area contributed by atoms with Crippen LogP contribution in [0.4, 0.5) is 0 Å². The molecule has 0 radical (unpaired) electrons. The van der Waals surface area contributed by atoms with Gasteiger partial charge in [-0.3, -0.25) is 0 Å². The third-order valence-corrected chi connectivity index (χ3v) is 1.72. The van der Waals surface area contributed by atoms with Crippen LogP contribution in [0.2, 0.25) is 0 Å². The van der Waals surface area contributed by atoms with Gasteiger partial charge < -0.3 is 0 Å². The number of alkyl halides is 1. The average molecular weight is 173 g/mol. The Balaban J connectivity index is 3.65. The van der Waals surface area contributed by atoms with Crippen LogP contribution in [0.5, 0.6) is 0 Å². The van der Waals surface area contributed by atoms with Gasteiger partial charge in [0.2, 0.25) is 0 Å². The third kappa shape index (κ3) is 7.67. The van der Waals surface area contributed by atoms with Gasteiger partial charge in [0, 0.05) is 4.87 Å². The van der Waals surface area contributed by atoms with Crippen molar-refractivity contribution in [3.63, 3.8) is 0 Å². The highest BCUT2D eigenvalue weighted by molar-refractivity contribution is 6.23. The van der Waals surface area contributed by atoms with Crippen molar-refractivity contribution in [2.45, 2.75) is 38.5 Å². The Hall–Kier alpha value is -0.230. The summed E-state index contributed by atoms with van der Waals surface area (Å²) >= 11 is 6.00. The summed E-state index contributed by atoms with van der Waals surface area (Å²) in [5.41, 5.74) is 1.23. The van der Waals surface area contributed by atoms with E-state index in [1.165, 1.54) is 5.57 Å². The maximum absolute atomic E-state index is 6.00. The standard InChI is InChI=1S/C10H17Cl/c1-5-9(2)7-6-8-10(3,4)11/h5,7H,1,6,8H2,2-4H3/b9-7+. The predicted octanol–water partition coefficient (Wildman–Crippen LogP) is 3.92. The fourth-order valence-corrected chi connectivity index (χ4v) is 0.836. The summed E-state index contributed by atoms with van der Waals surface area (Å²) in [5.74, 6) is 0. The van der Waals surface area contributed by atoms with Crippen molar-refractivity contribution >= 4 is 11.6 Å². The van der Waals surface area contributed by atoms with Crippen molar-refractivity contribution in [1.82, 2.24) is 0 Å². The van der Waals surface area contributed by atoms with Gasteiger partial charge in [0.1, 0.15) is 0 Å². The van der Waals surface area contributed by atoms with E-state index < -0.39 is 0 Å². The molecule has 0 aromatic heterocycles. The van der Waals surface area contributed by atoms with Crippen LogP contribution in [-0.4, -0.2) is 4.87 Å². The maximum Gasteiger partial charge on any atom is 0.0393 e. The normalized spacial score (nSPS) is 13.3. The third-order valence-electron chi connectivity index (χ3n) is 1.53. The lowest BCUT2D eigenvalue weighted by molar-refractivity contribution is 0.635. The maximum atomic E-state index is 6.00. The van der Waals surface area contributed by atoms with Gasteiger partial charge in [-0.25, -0.2) is 0 Å². The molecule has 0 amide bonds. The van der Waals surface area contributed by atoms with E-state index in [1.54, 1.807) is 0 Å². The van der Waals surface area contributed by atoms with Crippen molar-refractivity contribution in [2.75, 3.05) is 0 Å². The lowest BCUT2D eigenvalue weighted by Crippen LogP contribution is -2.08. The fraction of sp³-hybridized carbons (Fsp3) is 0.600. The molecule has 0 aromatic carbocycles. The minimum absolute atomic E-state index is 0.0715. The van der Waals surface area contributed by atoms with E-state index in [-0.39, 0.29) is 4.87 Å². The molecule has 0 N–H and O–H groups in total. The molecule has 0 heterocycles. The Morgan fingerprint density at radius 1 is 1.55 bits per heavy atom. The molecule has 1 heteroatoms. The van der Waals surface area contributed by atoms with Gasteiger partial charge >= 0.3 is 0 Å². The van der Waals surface area contributed by atoms with E-state index in [1.807, 2.05) is 26.8 Å². The van der Waals surface area contributed by atoms with Gasteiger partial charge in [0.15, 0.2) is 0 Å². The number of allylic oxidation sites excluding steroid dienone is 3. The highest BCUT2D eigenvalue weighted by Crippen LogP contribution is 2.20. The zero-order valence-corrected chi connectivity index (χ0v) is 8.41. The summed E-state index contributed by atoms with van der Waals surface area (Å²) in [6.07, 6.45) is 6.08. The number of hydrogen-bond acceptors (Lipinski definition) is 0. The van der Waals surface area contributed by atoms with Crippen LogP contribution in [-0.2, 0) is 0 Å². The van der Waals surface area contributed by atoms with Crippen LogP contribution in [0.15, 0.2) is 24.3 Å². The monoisotopic (exact) mass is 172 g/mol. The number of hydrogen-bond donors (Lipinski definition) is 0. The summed E-state index contributed by atoms with van der Waals surface area (Å²) in [6.45, 7) is 9.79. The fourth-order valence-electron chi connectivity index (χ4n) is 0.726. The first kappa shape index (κ1) is 10.8. The van der Waals surface area contributed by atoms with Crippen molar-refractivity contribution in [3.05, 3.63) is 24.3 Å². The van der Waals surface area contributed by atoms with Crippen LogP contribution >= 0.6 is 11.6 Å². The zero-order chi connectivity index (χ0) is 8.91. The van der Waals surface area contributed by atoms with E-state index >= 15 is 0 Å². The van der Waals surface area contributed by atoms with Gasteiger partial charge in [-0.15, -0.1) is 11.6 Å². The van der Waals surface area contributed by atoms with Crippen LogP contribution in [0.3, 0.4) is 0 Å². The van der Waals surface area contributed by atoms with E-state index in [0.29, 0.717) is 0 Å². The smallest absolute Gasteiger partial charge is 0.0393 e. The molecular formula is C10H17Cl. The van der Waals surface area contributed by atoms with E-state index in [0.717, 1.165) is 12.8 Å². The van der Waals surface area contributed by atoms with Crippen molar-refractivity contribution < 1.29 is 0 Å². The first-order valence-electron chi connectivity index (χ1n) is 3.94. The Labute approximate surface area is 74.9 Å². The van der Waals surface area contributed by atoms with Crippen molar-refractivity contribution in [2.24, 2.45) is 0 Å². The molecule has 0 bridgehead atoms. The molecule has 0 aliphatic carbocycles. The molecule has 0 fully saturated rings. The molecule has 0 nitrogen and oxygen atoms in total. The van der Waals surface area contributed by atoms with Crippen LogP contribution in [0.25, 0.3) is 0 Å². The summed E-state index contributed by atoms with van der Waals surface area (Å²) < 4.78 is 0. The molecule has 64 valence electrons. The van der Waals surface area contributed by atoms with Gasteiger partial charge in [-0.05, 0) is 33.6 Å². The first-order valence-corrected chi connectivity index (χ1v) is 4.31. The average Bonchev–Trinajstić information content (AvgIpc) is 1.85. The molecule has 0 aromatic rings.